The Kier molecular flexibility index (Phi) is 4.89. The fourth-order valence-electron chi connectivity index (χ4n) is 3.59. The molecule has 3 atom stereocenters. The summed E-state index contributed by atoms with van der Waals surface area (Å²) >= 11 is 0. The molecule has 114 valence electrons. The van der Waals surface area contributed by atoms with Crippen LogP contribution in [0.15, 0.2) is 0 Å². The lowest BCUT2D eigenvalue weighted by Crippen LogP contribution is -2.48. The second kappa shape index (κ2) is 6.46. The monoisotopic (exact) mass is 282 g/mol. The molecule has 1 aliphatic carbocycles. The van der Waals surface area contributed by atoms with Crippen molar-refractivity contribution in [2.45, 2.75) is 64.5 Å². The van der Waals surface area contributed by atoms with E-state index in [2.05, 4.69) is 12.2 Å². The summed E-state index contributed by atoms with van der Waals surface area (Å²) in [6, 6.07) is -0.135. The first-order chi connectivity index (χ1) is 9.50. The van der Waals surface area contributed by atoms with Gasteiger partial charge in [0.05, 0.1) is 5.92 Å². The summed E-state index contributed by atoms with van der Waals surface area (Å²) in [5.74, 6) is -0.653. The Morgan fingerprint density at radius 1 is 1.20 bits per heavy atom. The molecule has 2 fully saturated rings. The van der Waals surface area contributed by atoms with E-state index in [9.17, 15) is 9.59 Å². The molecular formula is C15H26N2O3. The maximum absolute atomic E-state index is 12.3. The number of carboxylic acids is 1. The van der Waals surface area contributed by atoms with E-state index in [-0.39, 0.29) is 18.1 Å². The van der Waals surface area contributed by atoms with Gasteiger partial charge in [0.15, 0.2) is 0 Å². The van der Waals surface area contributed by atoms with Gasteiger partial charge in [0.2, 0.25) is 0 Å². The van der Waals surface area contributed by atoms with Crippen molar-refractivity contribution in [1.29, 1.82) is 0 Å². The number of aliphatic carboxylic acids is 1. The van der Waals surface area contributed by atoms with E-state index in [0.717, 1.165) is 0 Å². The average Bonchev–Trinajstić information content (AvgIpc) is 2.81. The molecule has 1 aliphatic heterocycles. The zero-order valence-electron chi connectivity index (χ0n) is 12.5. The molecule has 1 saturated heterocycles. The van der Waals surface area contributed by atoms with Crippen LogP contribution < -0.4 is 5.32 Å². The van der Waals surface area contributed by atoms with E-state index >= 15 is 0 Å². The van der Waals surface area contributed by atoms with Crippen molar-refractivity contribution in [3.05, 3.63) is 0 Å². The predicted molar refractivity (Wildman–Crippen MR) is 76.5 cm³/mol. The molecule has 2 aliphatic rings. The second-order valence-corrected chi connectivity index (χ2v) is 6.30. The van der Waals surface area contributed by atoms with Gasteiger partial charge in [-0.2, -0.15) is 0 Å². The number of urea groups is 1. The number of carbonyl (C=O) groups is 2. The Morgan fingerprint density at radius 3 is 2.40 bits per heavy atom. The van der Waals surface area contributed by atoms with Crippen LogP contribution in [0.2, 0.25) is 0 Å². The van der Waals surface area contributed by atoms with Gasteiger partial charge in [0, 0.05) is 18.6 Å². The van der Waals surface area contributed by atoms with Gasteiger partial charge < -0.3 is 15.3 Å². The number of amides is 2. The molecule has 20 heavy (non-hydrogen) atoms. The normalized spacial score (nSPS) is 29.2. The molecule has 2 rings (SSSR count). The Hall–Kier alpha value is -1.26. The molecule has 5 heteroatoms. The fourth-order valence-corrected chi connectivity index (χ4v) is 3.59. The summed E-state index contributed by atoms with van der Waals surface area (Å²) in [6.07, 6.45) is 6.75. The van der Waals surface area contributed by atoms with Crippen LogP contribution in [0.25, 0.3) is 0 Å². The molecule has 2 N–H and O–H groups in total. The molecule has 0 radical (unpaired) electrons. The number of carboxylic acid groups (broad SMARTS) is 1. The van der Waals surface area contributed by atoms with Crippen molar-refractivity contribution >= 4 is 12.0 Å². The minimum Gasteiger partial charge on any atom is -0.481 e. The van der Waals surface area contributed by atoms with Crippen LogP contribution in [0.5, 0.6) is 0 Å². The topological polar surface area (TPSA) is 69.6 Å². The van der Waals surface area contributed by atoms with Crippen LogP contribution in [0.4, 0.5) is 4.79 Å². The van der Waals surface area contributed by atoms with E-state index in [0.29, 0.717) is 18.9 Å². The summed E-state index contributed by atoms with van der Waals surface area (Å²) in [5, 5.41) is 12.2. The van der Waals surface area contributed by atoms with Crippen molar-refractivity contribution in [3.8, 4) is 0 Å². The van der Waals surface area contributed by atoms with Crippen LogP contribution in [0.3, 0.4) is 0 Å². The highest BCUT2D eigenvalue weighted by Gasteiger charge is 2.38. The van der Waals surface area contributed by atoms with Crippen molar-refractivity contribution in [3.63, 3.8) is 0 Å². The van der Waals surface area contributed by atoms with Crippen LogP contribution in [0, 0.1) is 11.8 Å². The second-order valence-electron chi connectivity index (χ2n) is 6.30. The largest absolute Gasteiger partial charge is 0.481 e. The molecule has 0 bridgehead atoms. The lowest BCUT2D eigenvalue weighted by molar-refractivity contribution is -0.142. The third-order valence-corrected chi connectivity index (χ3v) is 5.04. The molecule has 1 saturated carbocycles. The van der Waals surface area contributed by atoms with Gasteiger partial charge in [-0.3, -0.25) is 4.79 Å². The number of nitrogens with one attached hydrogen (secondary N) is 1. The Bertz CT molecular complexity index is 366. The number of rotatable bonds is 3. The highest BCUT2D eigenvalue weighted by Crippen LogP contribution is 2.27. The zero-order chi connectivity index (χ0) is 14.7. The summed E-state index contributed by atoms with van der Waals surface area (Å²) in [6.45, 7) is 4.45. The van der Waals surface area contributed by atoms with E-state index in [4.69, 9.17) is 5.11 Å². The summed E-state index contributed by atoms with van der Waals surface area (Å²) in [4.78, 5) is 25.1. The van der Waals surface area contributed by atoms with Gasteiger partial charge in [-0.15, -0.1) is 0 Å². The van der Waals surface area contributed by atoms with Crippen molar-refractivity contribution < 1.29 is 14.7 Å². The Balaban J connectivity index is 1.87. The molecule has 0 aromatic rings. The van der Waals surface area contributed by atoms with E-state index in [1.165, 1.54) is 32.1 Å². The number of nitrogens with zero attached hydrogens (tertiary/aromatic N) is 1. The smallest absolute Gasteiger partial charge is 0.317 e. The van der Waals surface area contributed by atoms with Crippen LogP contribution >= 0.6 is 0 Å². The van der Waals surface area contributed by atoms with E-state index in [1.807, 2.05) is 6.92 Å². The van der Waals surface area contributed by atoms with E-state index in [1.54, 1.807) is 4.90 Å². The van der Waals surface area contributed by atoms with Gasteiger partial charge in [-0.1, -0.05) is 19.3 Å². The SMILES string of the molecule is CC(NC(=O)N1CCC(C(=O)O)C1C)C1CCCCC1. The molecule has 0 spiro atoms. The van der Waals surface area contributed by atoms with E-state index < -0.39 is 11.9 Å². The fraction of sp³-hybridized carbons (Fsp3) is 0.867. The number of hydrogen-bond acceptors (Lipinski definition) is 2. The van der Waals surface area contributed by atoms with Gasteiger partial charge in [0.25, 0.3) is 0 Å². The maximum atomic E-state index is 12.3. The average molecular weight is 282 g/mol. The van der Waals surface area contributed by atoms with Gasteiger partial charge in [0.1, 0.15) is 0 Å². The highest BCUT2D eigenvalue weighted by atomic mass is 16.4. The van der Waals surface area contributed by atoms with Crippen molar-refractivity contribution in [1.82, 2.24) is 10.2 Å². The van der Waals surface area contributed by atoms with Crippen LogP contribution in [-0.2, 0) is 4.79 Å². The third kappa shape index (κ3) is 3.25. The lowest BCUT2D eigenvalue weighted by Gasteiger charge is -2.31. The summed E-state index contributed by atoms with van der Waals surface area (Å²) in [7, 11) is 0. The molecular weight excluding hydrogens is 256 g/mol. The minimum absolute atomic E-state index is 0.0978. The van der Waals surface area contributed by atoms with Gasteiger partial charge in [-0.25, -0.2) is 4.79 Å². The predicted octanol–water partition coefficient (Wildman–Crippen LogP) is 2.46. The molecule has 0 aromatic heterocycles. The standard InChI is InChI=1S/C15H26N2O3/c1-10(12-6-4-3-5-7-12)16-15(20)17-9-8-13(11(17)2)14(18)19/h10-13H,3-9H2,1-2H3,(H,16,20)(H,18,19). The quantitative estimate of drug-likeness (QED) is 0.835. The van der Waals surface area contributed by atoms with Crippen LogP contribution in [-0.4, -0.2) is 40.6 Å². The molecule has 5 nitrogen and oxygen atoms in total. The van der Waals surface area contributed by atoms with Crippen LogP contribution in [0.1, 0.15) is 52.4 Å². The maximum Gasteiger partial charge on any atom is 0.317 e. The van der Waals surface area contributed by atoms with Gasteiger partial charge >= 0.3 is 12.0 Å². The minimum atomic E-state index is -0.798. The van der Waals surface area contributed by atoms with Crippen molar-refractivity contribution in [2.75, 3.05) is 6.54 Å². The molecule has 1 heterocycles. The number of carbonyl (C=O) groups excluding carboxylic acids is 1. The lowest BCUT2D eigenvalue weighted by atomic mass is 9.84. The van der Waals surface area contributed by atoms with Crippen molar-refractivity contribution in [2.24, 2.45) is 11.8 Å². The molecule has 2 amide bonds. The van der Waals surface area contributed by atoms with Gasteiger partial charge in [-0.05, 0) is 39.0 Å². The first-order valence-corrected chi connectivity index (χ1v) is 7.80. The first-order valence-electron chi connectivity index (χ1n) is 7.80. The third-order valence-electron chi connectivity index (χ3n) is 5.04. The summed E-state index contributed by atoms with van der Waals surface area (Å²) in [5.41, 5.74) is 0. The first kappa shape index (κ1) is 15.1. The number of hydrogen-bond donors (Lipinski definition) is 2. The number of likely N-dealkylation sites (tertiary alicyclic amines) is 1. The molecule has 3 unspecified atom stereocenters. The zero-order valence-corrected chi connectivity index (χ0v) is 12.5. The summed E-state index contributed by atoms with van der Waals surface area (Å²) < 4.78 is 0. The molecule has 0 aromatic carbocycles. The Labute approximate surface area is 120 Å². The Morgan fingerprint density at radius 2 is 1.85 bits per heavy atom. The highest BCUT2D eigenvalue weighted by molar-refractivity contribution is 5.78.